The Bertz CT molecular complexity index is 1150. The summed E-state index contributed by atoms with van der Waals surface area (Å²) in [4.78, 5) is 29.7. The molecule has 3 aromatic rings. The molecular weight excluding hydrogens is 481 g/mol. The van der Waals surface area contributed by atoms with E-state index >= 15 is 0 Å². The highest BCUT2D eigenvalue weighted by atomic mass is 35.5. The monoisotopic (exact) mass is 505 g/mol. The summed E-state index contributed by atoms with van der Waals surface area (Å²) in [5.74, 6) is 0.201. The molecule has 2 amide bonds. The number of carbonyl (C=O) groups is 2. The minimum atomic E-state index is -0.422. The van der Waals surface area contributed by atoms with E-state index in [1.165, 1.54) is 17.8 Å². The molecule has 3 N–H and O–H groups in total. The van der Waals surface area contributed by atoms with Crippen molar-refractivity contribution >= 4 is 52.5 Å². The van der Waals surface area contributed by atoms with Gasteiger partial charge in [0.05, 0.1) is 22.4 Å². The molecule has 0 saturated carbocycles. The summed E-state index contributed by atoms with van der Waals surface area (Å²) in [5, 5.41) is 14.1. The van der Waals surface area contributed by atoms with E-state index in [0.29, 0.717) is 21.6 Å². The zero-order valence-electron chi connectivity index (χ0n) is 18.7. The van der Waals surface area contributed by atoms with Crippen LogP contribution in [0.1, 0.15) is 47.2 Å². The number of aromatic amines is 1. The molecule has 1 heterocycles. The van der Waals surface area contributed by atoms with Crippen molar-refractivity contribution in [2.45, 2.75) is 38.9 Å². The van der Waals surface area contributed by atoms with E-state index in [1.807, 2.05) is 45.9 Å². The van der Waals surface area contributed by atoms with Crippen LogP contribution in [0.5, 0.6) is 0 Å². The average Bonchev–Trinajstić information content (AvgIpc) is 3.21. The Morgan fingerprint density at radius 1 is 1.12 bits per heavy atom. The molecule has 1 aromatic heterocycles. The van der Waals surface area contributed by atoms with E-state index in [9.17, 15) is 9.59 Å². The molecule has 0 aliphatic carbocycles. The van der Waals surface area contributed by atoms with Crippen LogP contribution in [0.3, 0.4) is 0 Å². The Morgan fingerprint density at radius 3 is 2.45 bits per heavy atom. The number of amides is 2. The van der Waals surface area contributed by atoms with Gasteiger partial charge in [0.25, 0.3) is 5.91 Å². The maximum Gasteiger partial charge on any atom is 0.253 e. The van der Waals surface area contributed by atoms with Gasteiger partial charge in [-0.25, -0.2) is 4.98 Å². The largest absolute Gasteiger partial charge is 0.342 e. The summed E-state index contributed by atoms with van der Waals surface area (Å²) in [6, 6.07) is 10.1. The molecule has 1 atom stereocenters. The number of benzene rings is 2. The van der Waals surface area contributed by atoms with E-state index in [4.69, 9.17) is 23.2 Å². The molecule has 0 bridgehead atoms. The maximum absolute atomic E-state index is 12.8. The molecule has 3 rings (SSSR count). The topological polar surface area (TPSA) is 99.8 Å². The summed E-state index contributed by atoms with van der Waals surface area (Å²) in [6.45, 7) is 7.83. The van der Waals surface area contributed by atoms with Crippen molar-refractivity contribution in [1.29, 1.82) is 0 Å². The highest BCUT2D eigenvalue weighted by Crippen LogP contribution is 2.25. The Kier molecular flexibility index (Phi) is 8.40. The fourth-order valence-corrected chi connectivity index (χ4v) is 4.32. The summed E-state index contributed by atoms with van der Waals surface area (Å²) >= 11 is 13.3. The average molecular weight is 506 g/mol. The second-order valence-electron chi connectivity index (χ2n) is 7.93. The number of nitrogens with one attached hydrogen (secondary N) is 3. The number of anilines is 1. The van der Waals surface area contributed by atoms with Gasteiger partial charge in [0.1, 0.15) is 5.82 Å². The molecule has 0 spiro atoms. The third-order valence-electron chi connectivity index (χ3n) is 4.98. The first kappa shape index (κ1) is 25.1. The van der Waals surface area contributed by atoms with Crippen molar-refractivity contribution in [3.05, 3.63) is 69.0 Å². The first-order valence-corrected chi connectivity index (χ1v) is 12.1. The predicted molar refractivity (Wildman–Crippen MR) is 133 cm³/mol. The van der Waals surface area contributed by atoms with Crippen LogP contribution >= 0.6 is 35.0 Å². The van der Waals surface area contributed by atoms with Crippen LogP contribution in [0.15, 0.2) is 41.6 Å². The quantitative estimate of drug-likeness (QED) is 0.346. The number of hydrogen-bond donors (Lipinski definition) is 3. The molecule has 7 nitrogen and oxygen atoms in total. The van der Waals surface area contributed by atoms with Crippen LogP contribution in [0.4, 0.5) is 5.69 Å². The van der Waals surface area contributed by atoms with Crippen molar-refractivity contribution in [3.63, 3.8) is 0 Å². The van der Waals surface area contributed by atoms with Gasteiger partial charge in [-0.05, 0) is 49.1 Å². The third kappa shape index (κ3) is 6.50. The summed E-state index contributed by atoms with van der Waals surface area (Å²) in [5.41, 5.74) is 3.15. The number of carbonyl (C=O) groups excluding carboxylic acids is 2. The van der Waals surface area contributed by atoms with E-state index in [-0.39, 0.29) is 28.5 Å². The first-order valence-electron chi connectivity index (χ1n) is 10.3. The molecule has 10 heteroatoms. The Morgan fingerprint density at radius 2 is 1.82 bits per heavy atom. The fourth-order valence-electron chi connectivity index (χ4n) is 3.22. The lowest BCUT2D eigenvalue weighted by molar-refractivity contribution is -0.113. The normalized spacial score (nSPS) is 12.0. The van der Waals surface area contributed by atoms with Crippen molar-refractivity contribution in [2.24, 2.45) is 5.92 Å². The number of hydrogen-bond acceptors (Lipinski definition) is 5. The molecule has 0 fully saturated rings. The van der Waals surface area contributed by atoms with Gasteiger partial charge < -0.3 is 10.6 Å². The lowest BCUT2D eigenvalue weighted by atomic mass is 10.0. The maximum atomic E-state index is 12.8. The van der Waals surface area contributed by atoms with Gasteiger partial charge >= 0.3 is 0 Å². The number of halogens is 2. The molecule has 0 aliphatic heterocycles. The summed E-state index contributed by atoms with van der Waals surface area (Å²) in [7, 11) is 0. The molecule has 2 aromatic carbocycles. The van der Waals surface area contributed by atoms with Crippen molar-refractivity contribution in [3.8, 4) is 0 Å². The van der Waals surface area contributed by atoms with Crippen LogP contribution in [-0.4, -0.2) is 32.7 Å². The van der Waals surface area contributed by atoms with Crippen LogP contribution in [0, 0.1) is 19.8 Å². The van der Waals surface area contributed by atoms with Crippen LogP contribution in [0.2, 0.25) is 10.0 Å². The molecule has 174 valence electrons. The smallest absolute Gasteiger partial charge is 0.253 e. The van der Waals surface area contributed by atoms with Crippen molar-refractivity contribution < 1.29 is 9.59 Å². The molecular formula is C23H25Cl2N5O2S. The minimum Gasteiger partial charge on any atom is -0.342 e. The van der Waals surface area contributed by atoms with Gasteiger partial charge in [0.15, 0.2) is 0 Å². The van der Waals surface area contributed by atoms with Gasteiger partial charge in [-0.15, -0.1) is 5.10 Å². The zero-order valence-corrected chi connectivity index (χ0v) is 21.0. The van der Waals surface area contributed by atoms with Gasteiger partial charge in [0, 0.05) is 10.7 Å². The highest BCUT2D eigenvalue weighted by molar-refractivity contribution is 7.99. The minimum absolute atomic E-state index is 0.0261. The lowest BCUT2D eigenvalue weighted by Crippen LogP contribution is -2.32. The van der Waals surface area contributed by atoms with Gasteiger partial charge in [0.2, 0.25) is 11.1 Å². The fraction of sp³-hybridized carbons (Fsp3) is 0.304. The molecule has 0 radical (unpaired) electrons. The number of H-pyrrole nitrogens is 1. The molecule has 0 aliphatic rings. The predicted octanol–water partition coefficient (Wildman–Crippen LogP) is 5.59. The van der Waals surface area contributed by atoms with Crippen LogP contribution in [0.25, 0.3) is 0 Å². The Labute approximate surface area is 207 Å². The van der Waals surface area contributed by atoms with E-state index in [2.05, 4.69) is 25.8 Å². The molecule has 0 unspecified atom stereocenters. The SMILES string of the molecule is Cc1cccc(C)c1NC(=O)CSc1n[nH]c([C@@H](NC(=O)c2ccc(Cl)cc2Cl)C(C)C)n1. The van der Waals surface area contributed by atoms with Crippen molar-refractivity contribution in [1.82, 2.24) is 20.5 Å². The van der Waals surface area contributed by atoms with Gasteiger partial charge in [-0.1, -0.05) is 67.0 Å². The lowest BCUT2D eigenvalue weighted by Gasteiger charge is -2.20. The highest BCUT2D eigenvalue weighted by Gasteiger charge is 2.24. The number of aromatic nitrogens is 3. The number of aryl methyl sites for hydroxylation is 2. The van der Waals surface area contributed by atoms with Gasteiger partial charge in [-0.2, -0.15) is 0 Å². The number of nitrogens with zero attached hydrogens (tertiary/aromatic N) is 2. The third-order valence-corrected chi connectivity index (χ3v) is 6.38. The van der Waals surface area contributed by atoms with E-state index in [0.717, 1.165) is 16.8 Å². The number of thioether (sulfide) groups is 1. The number of para-hydroxylation sites is 1. The summed E-state index contributed by atoms with van der Waals surface area (Å²) < 4.78 is 0. The second kappa shape index (κ2) is 11.0. The second-order valence-corrected chi connectivity index (χ2v) is 9.71. The molecule has 0 saturated heterocycles. The Hall–Kier alpha value is -2.55. The van der Waals surface area contributed by atoms with E-state index in [1.54, 1.807) is 12.1 Å². The van der Waals surface area contributed by atoms with E-state index < -0.39 is 6.04 Å². The first-order chi connectivity index (χ1) is 15.7. The number of rotatable bonds is 8. The van der Waals surface area contributed by atoms with Crippen molar-refractivity contribution in [2.75, 3.05) is 11.1 Å². The summed E-state index contributed by atoms with van der Waals surface area (Å²) in [6.07, 6.45) is 0. The van der Waals surface area contributed by atoms with Gasteiger partial charge in [-0.3, -0.25) is 14.7 Å². The van der Waals surface area contributed by atoms with Crippen LogP contribution < -0.4 is 10.6 Å². The molecule has 33 heavy (non-hydrogen) atoms. The standard InChI is InChI=1S/C23H25Cl2N5O2S/c1-12(2)19(27-22(32)16-9-8-15(24)10-17(16)25)21-28-23(30-29-21)33-11-18(31)26-20-13(3)6-5-7-14(20)4/h5-10,12,19H,11H2,1-4H3,(H,26,31)(H,27,32)(H,28,29,30)/t19-/m0/s1. The zero-order chi connectivity index (χ0) is 24.1. The van der Waals surface area contributed by atoms with Crippen LogP contribution in [-0.2, 0) is 4.79 Å². The Balaban J connectivity index is 1.64.